The minimum absolute atomic E-state index is 0.0652. The molecule has 0 fully saturated rings. The lowest BCUT2D eigenvalue weighted by Crippen LogP contribution is -2.37. The largest absolute Gasteiger partial charge is 0.353 e. The van der Waals surface area contributed by atoms with Gasteiger partial charge in [-0.2, -0.15) is 0 Å². The number of aryl methyl sites for hydroxylation is 1. The van der Waals surface area contributed by atoms with Crippen LogP contribution in [0.1, 0.15) is 18.9 Å². The summed E-state index contributed by atoms with van der Waals surface area (Å²) < 4.78 is 0. The number of amides is 1. The van der Waals surface area contributed by atoms with Crippen molar-refractivity contribution in [2.45, 2.75) is 25.8 Å². The molecule has 1 rings (SSSR count). The predicted octanol–water partition coefficient (Wildman–Crippen LogP) is 1.08. The molecule has 3 heteroatoms. The summed E-state index contributed by atoms with van der Waals surface area (Å²) in [6, 6.07) is 10.4. The number of nitrogens with two attached hydrogens (primary N) is 1. The Hall–Kier alpha value is -1.35. The van der Waals surface area contributed by atoms with Crippen molar-refractivity contribution in [3.63, 3.8) is 0 Å². The van der Waals surface area contributed by atoms with E-state index in [4.69, 9.17) is 5.73 Å². The average molecular weight is 206 g/mol. The molecule has 3 nitrogen and oxygen atoms in total. The highest BCUT2D eigenvalue weighted by Crippen LogP contribution is 2.04. The molecule has 0 bridgehead atoms. The third kappa shape index (κ3) is 4.61. The van der Waals surface area contributed by atoms with Gasteiger partial charge in [-0.25, -0.2) is 0 Å². The van der Waals surface area contributed by atoms with Gasteiger partial charge < -0.3 is 11.1 Å². The second-order valence-corrected chi connectivity index (χ2v) is 3.70. The van der Waals surface area contributed by atoms with Crippen molar-refractivity contribution in [2.24, 2.45) is 5.73 Å². The molecule has 0 aliphatic heterocycles. The fourth-order valence-electron chi connectivity index (χ4n) is 1.43. The van der Waals surface area contributed by atoms with Gasteiger partial charge in [-0.1, -0.05) is 30.3 Å². The normalized spacial score (nSPS) is 12.1. The number of hydrogen-bond acceptors (Lipinski definition) is 2. The summed E-state index contributed by atoms with van der Waals surface area (Å²) in [5.74, 6) is -0.0874. The molecule has 0 radical (unpaired) electrons. The van der Waals surface area contributed by atoms with Gasteiger partial charge in [0.1, 0.15) is 0 Å². The van der Waals surface area contributed by atoms with E-state index in [-0.39, 0.29) is 18.5 Å². The first kappa shape index (κ1) is 11.7. The van der Waals surface area contributed by atoms with Crippen LogP contribution >= 0.6 is 0 Å². The fourth-order valence-corrected chi connectivity index (χ4v) is 1.43. The van der Waals surface area contributed by atoms with E-state index in [2.05, 4.69) is 17.4 Å². The van der Waals surface area contributed by atoms with Crippen LogP contribution in [-0.4, -0.2) is 18.5 Å². The Kier molecular flexibility index (Phi) is 4.84. The molecule has 1 aromatic rings. The van der Waals surface area contributed by atoms with Gasteiger partial charge in [-0.15, -0.1) is 0 Å². The molecule has 0 saturated heterocycles. The highest BCUT2D eigenvalue weighted by Gasteiger charge is 2.05. The zero-order valence-electron chi connectivity index (χ0n) is 9.07. The molecule has 15 heavy (non-hydrogen) atoms. The summed E-state index contributed by atoms with van der Waals surface area (Å²) in [6.45, 7) is 2.06. The lowest BCUT2D eigenvalue weighted by atomic mass is 10.1. The molecule has 3 N–H and O–H groups in total. The first-order valence-electron chi connectivity index (χ1n) is 5.25. The molecule has 1 aromatic carbocycles. The van der Waals surface area contributed by atoms with E-state index in [1.807, 2.05) is 25.1 Å². The first-order chi connectivity index (χ1) is 7.22. The van der Waals surface area contributed by atoms with E-state index >= 15 is 0 Å². The van der Waals surface area contributed by atoms with Gasteiger partial charge in [-0.05, 0) is 25.3 Å². The Bertz CT molecular complexity index is 298. The second kappa shape index (κ2) is 6.19. The highest BCUT2D eigenvalue weighted by molar-refractivity contribution is 5.77. The maximum atomic E-state index is 11.0. The number of carbonyl (C=O) groups excluding carboxylic acids is 1. The van der Waals surface area contributed by atoms with Crippen LogP contribution in [0.3, 0.4) is 0 Å². The quantitative estimate of drug-likeness (QED) is 0.757. The molecular weight excluding hydrogens is 188 g/mol. The Morgan fingerprint density at radius 3 is 2.67 bits per heavy atom. The number of hydrogen-bond donors (Lipinski definition) is 2. The van der Waals surface area contributed by atoms with Crippen LogP contribution in [0.25, 0.3) is 0 Å². The molecule has 0 aliphatic carbocycles. The second-order valence-electron chi connectivity index (χ2n) is 3.70. The molecule has 1 atom stereocenters. The van der Waals surface area contributed by atoms with Crippen LogP contribution < -0.4 is 11.1 Å². The summed E-state index contributed by atoms with van der Waals surface area (Å²) >= 11 is 0. The van der Waals surface area contributed by atoms with E-state index in [1.54, 1.807) is 0 Å². The molecule has 0 aliphatic rings. The molecule has 82 valence electrons. The molecule has 0 aromatic heterocycles. The zero-order chi connectivity index (χ0) is 11.1. The van der Waals surface area contributed by atoms with Crippen LogP contribution in [0.15, 0.2) is 30.3 Å². The maximum absolute atomic E-state index is 11.0. The van der Waals surface area contributed by atoms with Gasteiger partial charge in [0.15, 0.2) is 0 Å². The van der Waals surface area contributed by atoms with Gasteiger partial charge in [0.25, 0.3) is 0 Å². The van der Waals surface area contributed by atoms with Crippen molar-refractivity contribution in [2.75, 3.05) is 6.54 Å². The Labute approximate surface area is 90.7 Å². The van der Waals surface area contributed by atoms with Crippen molar-refractivity contribution in [3.8, 4) is 0 Å². The minimum atomic E-state index is -0.0874. The topological polar surface area (TPSA) is 55.1 Å². The summed E-state index contributed by atoms with van der Waals surface area (Å²) in [5, 5.41) is 2.84. The van der Waals surface area contributed by atoms with Crippen molar-refractivity contribution < 1.29 is 4.79 Å². The zero-order valence-corrected chi connectivity index (χ0v) is 9.07. The monoisotopic (exact) mass is 206 g/mol. The lowest BCUT2D eigenvalue weighted by molar-refractivity contribution is -0.120. The smallest absolute Gasteiger partial charge is 0.233 e. The average Bonchev–Trinajstić information content (AvgIpc) is 2.27. The van der Waals surface area contributed by atoms with E-state index in [1.165, 1.54) is 5.56 Å². The van der Waals surface area contributed by atoms with E-state index in [0.29, 0.717) is 0 Å². The number of rotatable bonds is 5. The molecule has 1 unspecified atom stereocenters. The summed E-state index contributed by atoms with van der Waals surface area (Å²) in [6.07, 6.45) is 1.92. The van der Waals surface area contributed by atoms with Gasteiger partial charge in [-0.3, -0.25) is 4.79 Å². The van der Waals surface area contributed by atoms with Gasteiger partial charge >= 0.3 is 0 Å². The minimum Gasteiger partial charge on any atom is -0.353 e. The third-order valence-electron chi connectivity index (χ3n) is 2.30. The predicted molar refractivity (Wildman–Crippen MR) is 61.4 cm³/mol. The first-order valence-corrected chi connectivity index (χ1v) is 5.25. The van der Waals surface area contributed by atoms with E-state index < -0.39 is 0 Å². The van der Waals surface area contributed by atoms with Gasteiger partial charge in [0.2, 0.25) is 5.91 Å². The van der Waals surface area contributed by atoms with Crippen molar-refractivity contribution in [1.82, 2.24) is 5.32 Å². The molecule has 0 spiro atoms. The maximum Gasteiger partial charge on any atom is 0.233 e. The number of nitrogens with one attached hydrogen (secondary N) is 1. The standard InChI is InChI=1S/C12H18N2O/c1-10(14-12(15)9-13)7-8-11-5-3-2-4-6-11/h2-6,10H,7-9,13H2,1H3,(H,14,15). The third-order valence-corrected chi connectivity index (χ3v) is 2.30. The van der Waals surface area contributed by atoms with Crippen molar-refractivity contribution >= 4 is 5.91 Å². The van der Waals surface area contributed by atoms with Crippen LogP contribution in [0.2, 0.25) is 0 Å². The molecule has 0 heterocycles. The molecule has 1 amide bonds. The van der Waals surface area contributed by atoms with Crippen molar-refractivity contribution in [3.05, 3.63) is 35.9 Å². The van der Waals surface area contributed by atoms with Gasteiger partial charge in [0, 0.05) is 6.04 Å². The van der Waals surface area contributed by atoms with Crippen molar-refractivity contribution in [1.29, 1.82) is 0 Å². The highest BCUT2D eigenvalue weighted by atomic mass is 16.1. The summed E-state index contributed by atoms with van der Waals surface area (Å²) in [5.41, 5.74) is 6.51. The fraction of sp³-hybridized carbons (Fsp3) is 0.417. The van der Waals surface area contributed by atoms with Crippen LogP contribution in [-0.2, 0) is 11.2 Å². The molecular formula is C12H18N2O. The Morgan fingerprint density at radius 1 is 1.40 bits per heavy atom. The SMILES string of the molecule is CC(CCc1ccccc1)NC(=O)CN. The number of carbonyl (C=O) groups is 1. The Morgan fingerprint density at radius 2 is 2.07 bits per heavy atom. The van der Waals surface area contributed by atoms with Gasteiger partial charge in [0.05, 0.1) is 6.54 Å². The summed E-state index contributed by atoms with van der Waals surface area (Å²) in [4.78, 5) is 11.0. The summed E-state index contributed by atoms with van der Waals surface area (Å²) in [7, 11) is 0. The van der Waals surface area contributed by atoms with Crippen LogP contribution in [0, 0.1) is 0 Å². The number of benzene rings is 1. The van der Waals surface area contributed by atoms with E-state index in [0.717, 1.165) is 12.8 Å². The van der Waals surface area contributed by atoms with Crippen LogP contribution in [0.4, 0.5) is 0 Å². The van der Waals surface area contributed by atoms with Crippen LogP contribution in [0.5, 0.6) is 0 Å². The lowest BCUT2D eigenvalue weighted by Gasteiger charge is -2.12. The molecule has 0 saturated carbocycles. The Balaban J connectivity index is 2.28. The van der Waals surface area contributed by atoms with E-state index in [9.17, 15) is 4.79 Å².